The highest BCUT2D eigenvalue weighted by molar-refractivity contribution is 9.10. The van der Waals surface area contributed by atoms with Gasteiger partial charge in [-0.05, 0) is 22.5 Å². The van der Waals surface area contributed by atoms with Crippen molar-refractivity contribution in [2.75, 3.05) is 20.8 Å². The third-order valence-electron chi connectivity index (χ3n) is 1.63. The molecular weight excluding hydrogens is 250 g/mol. The van der Waals surface area contributed by atoms with Gasteiger partial charge in [-0.3, -0.25) is 0 Å². The summed E-state index contributed by atoms with van der Waals surface area (Å²) in [4.78, 5) is 8.16. The molecule has 1 rings (SSSR count). The first-order chi connectivity index (χ1) is 6.72. The van der Waals surface area contributed by atoms with Gasteiger partial charge >= 0.3 is 6.01 Å². The van der Waals surface area contributed by atoms with E-state index in [9.17, 15) is 0 Å². The molecule has 1 aromatic heterocycles. The predicted molar refractivity (Wildman–Crippen MR) is 55.6 cm³/mol. The van der Waals surface area contributed by atoms with Gasteiger partial charge in [-0.2, -0.15) is 9.97 Å². The lowest BCUT2D eigenvalue weighted by atomic mass is 10.3. The van der Waals surface area contributed by atoms with Crippen LogP contribution in [-0.4, -0.2) is 30.7 Å². The molecule has 0 aliphatic heterocycles. The SMILES string of the molecule is COc1nc(CCN)c(Br)c(OC)n1. The molecule has 78 valence electrons. The molecule has 0 radical (unpaired) electrons. The Balaban J connectivity index is 3.12. The molecule has 0 aliphatic rings. The number of nitrogens with two attached hydrogens (primary N) is 1. The van der Waals surface area contributed by atoms with E-state index in [-0.39, 0.29) is 6.01 Å². The van der Waals surface area contributed by atoms with Crippen molar-refractivity contribution in [3.05, 3.63) is 10.2 Å². The summed E-state index contributed by atoms with van der Waals surface area (Å²) in [6.07, 6.45) is 0.649. The lowest BCUT2D eigenvalue weighted by Gasteiger charge is -2.08. The lowest BCUT2D eigenvalue weighted by Crippen LogP contribution is -2.08. The van der Waals surface area contributed by atoms with E-state index in [2.05, 4.69) is 25.9 Å². The molecule has 0 fully saturated rings. The number of halogens is 1. The monoisotopic (exact) mass is 261 g/mol. The van der Waals surface area contributed by atoms with Crippen LogP contribution in [0.15, 0.2) is 4.47 Å². The minimum Gasteiger partial charge on any atom is -0.480 e. The molecule has 1 aromatic rings. The highest BCUT2D eigenvalue weighted by Gasteiger charge is 2.12. The van der Waals surface area contributed by atoms with Crippen LogP contribution in [0.25, 0.3) is 0 Å². The summed E-state index contributed by atoms with van der Waals surface area (Å²) >= 11 is 3.34. The molecule has 0 aromatic carbocycles. The first-order valence-corrected chi connectivity index (χ1v) is 4.86. The van der Waals surface area contributed by atoms with Crippen molar-refractivity contribution in [1.29, 1.82) is 0 Å². The summed E-state index contributed by atoms with van der Waals surface area (Å²) in [6, 6.07) is 0.286. The molecule has 5 nitrogen and oxygen atoms in total. The van der Waals surface area contributed by atoms with Crippen molar-refractivity contribution < 1.29 is 9.47 Å². The van der Waals surface area contributed by atoms with E-state index in [1.54, 1.807) is 7.11 Å². The zero-order valence-electron chi connectivity index (χ0n) is 8.08. The Morgan fingerprint density at radius 2 is 2.00 bits per heavy atom. The van der Waals surface area contributed by atoms with Gasteiger partial charge in [0, 0.05) is 6.42 Å². The van der Waals surface area contributed by atoms with Crippen molar-refractivity contribution in [3.8, 4) is 11.9 Å². The molecule has 0 bridgehead atoms. The van der Waals surface area contributed by atoms with Crippen molar-refractivity contribution in [3.63, 3.8) is 0 Å². The normalized spacial score (nSPS) is 10.0. The summed E-state index contributed by atoms with van der Waals surface area (Å²) in [5, 5.41) is 0. The molecule has 0 aliphatic carbocycles. The molecular formula is C8H12BrN3O2. The van der Waals surface area contributed by atoms with Gasteiger partial charge < -0.3 is 15.2 Å². The number of nitrogens with zero attached hydrogens (tertiary/aromatic N) is 2. The number of hydrogen-bond acceptors (Lipinski definition) is 5. The Labute approximate surface area is 90.8 Å². The fourth-order valence-electron chi connectivity index (χ4n) is 0.978. The van der Waals surface area contributed by atoms with Crippen molar-refractivity contribution in [1.82, 2.24) is 9.97 Å². The van der Waals surface area contributed by atoms with Crippen LogP contribution < -0.4 is 15.2 Å². The lowest BCUT2D eigenvalue weighted by molar-refractivity contribution is 0.348. The standard InChI is InChI=1S/C8H12BrN3O2/c1-13-7-6(9)5(3-4-10)11-8(12-7)14-2/h3-4,10H2,1-2H3. The summed E-state index contributed by atoms with van der Waals surface area (Å²) in [7, 11) is 3.05. The Bertz CT molecular complexity index is 320. The van der Waals surface area contributed by atoms with Crippen LogP contribution in [0, 0.1) is 0 Å². The van der Waals surface area contributed by atoms with E-state index in [4.69, 9.17) is 15.2 Å². The van der Waals surface area contributed by atoms with Gasteiger partial charge in [-0.25, -0.2) is 0 Å². The molecule has 0 amide bonds. The van der Waals surface area contributed by atoms with Crippen molar-refractivity contribution in [2.45, 2.75) is 6.42 Å². The summed E-state index contributed by atoms with van der Waals surface area (Å²) in [5.41, 5.74) is 6.24. The van der Waals surface area contributed by atoms with Crippen LogP contribution in [0.2, 0.25) is 0 Å². The zero-order chi connectivity index (χ0) is 10.6. The highest BCUT2D eigenvalue weighted by atomic mass is 79.9. The molecule has 1 heterocycles. The number of methoxy groups -OCH3 is 2. The first kappa shape index (κ1) is 11.2. The Morgan fingerprint density at radius 3 is 2.50 bits per heavy atom. The summed E-state index contributed by atoms with van der Waals surface area (Å²) < 4.78 is 10.7. The van der Waals surface area contributed by atoms with E-state index < -0.39 is 0 Å². The topological polar surface area (TPSA) is 70.3 Å². The maximum absolute atomic E-state index is 5.45. The fourth-order valence-corrected chi connectivity index (χ4v) is 1.52. The van der Waals surface area contributed by atoms with E-state index in [1.165, 1.54) is 7.11 Å². The second-order valence-corrected chi connectivity index (χ2v) is 3.31. The molecule has 6 heteroatoms. The molecule has 2 N–H and O–H groups in total. The van der Waals surface area contributed by atoms with Crippen molar-refractivity contribution >= 4 is 15.9 Å². The van der Waals surface area contributed by atoms with Crippen LogP contribution in [0.3, 0.4) is 0 Å². The van der Waals surface area contributed by atoms with Gasteiger partial charge in [-0.15, -0.1) is 0 Å². The van der Waals surface area contributed by atoms with E-state index in [1.807, 2.05) is 0 Å². The van der Waals surface area contributed by atoms with Gasteiger partial charge in [0.1, 0.15) is 4.47 Å². The number of rotatable bonds is 4. The first-order valence-electron chi connectivity index (χ1n) is 4.07. The average Bonchev–Trinajstić information content (AvgIpc) is 2.21. The van der Waals surface area contributed by atoms with Crippen LogP contribution >= 0.6 is 15.9 Å². The molecule has 0 spiro atoms. The Morgan fingerprint density at radius 1 is 1.29 bits per heavy atom. The molecule has 0 unspecified atom stereocenters. The van der Waals surface area contributed by atoms with Gasteiger partial charge in [-0.1, -0.05) is 0 Å². The van der Waals surface area contributed by atoms with E-state index >= 15 is 0 Å². The minimum absolute atomic E-state index is 0.286. The van der Waals surface area contributed by atoms with Crippen LogP contribution in [0.5, 0.6) is 11.9 Å². The quantitative estimate of drug-likeness (QED) is 0.867. The summed E-state index contributed by atoms with van der Waals surface area (Å²) in [6.45, 7) is 0.516. The summed E-state index contributed by atoms with van der Waals surface area (Å²) in [5.74, 6) is 0.459. The Kier molecular flexibility index (Phi) is 4.09. The zero-order valence-corrected chi connectivity index (χ0v) is 9.67. The van der Waals surface area contributed by atoms with Crippen LogP contribution in [0.4, 0.5) is 0 Å². The predicted octanol–water partition coefficient (Wildman–Crippen LogP) is 0.757. The van der Waals surface area contributed by atoms with E-state index in [0.717, 1.165) is 10.2 Å². The van der Waals surface area contributed by atoms with Crippen LogP contribution in [0.1, 0.15) is 5.69 Å². The number of aromatic nitrogens is 2. The minimum atomic E-state index is 0.286. The van der Waals surface area contributed by atoms with Gasteiger partial charge in [0.15, 0.2) is 0 Å². The second kappa shape index (κ2) is 5.11. The number of ether oxygens (including phenoxy) is 2. The number of hydrogen-bond donors (Lipinski definition) is 1. The van der Waals surface area contributed by atoms with Crippen molar-refractivity contribution in [2.24, 2.45) is 5.73 Å². The van der Waals surface area contributed by atoms with Gasteiger partial charge in [0.25, 0.3) is 0 Å². The average molecular weight is 262 g/mol. The highest BCUT2D eigenvalue weighted by Crippen LogP contribution is 2.27. The third kappa shape index (κ3) is 2.33. The maximum atomic E-state index is 5.45. The maximum Gasteiger partial charge on any atom is 0.319 e. The molecule has 0 atom stereocenters. The molecule has 0 saturated heterocycles. The fraction of sp³-hybridized carbons (Fsp3) is 0.500. The van der Waals surface area contributed by atoms with Gasteiger partial charge in [0.2, 0.25) is 5.88 Å². The largest absolute Gasteiger partial charge is 0.480 e. The van der Waals surface area contributed by atoms with Gasteiger partial charge in [0.05, 0.1) is 19.9 Å². The Hall–Kier alpha value is -0.880. The molecule has 0 saturated carbocycles. The molecule has 14 heavy (non-hydrogen) atoms. The third-order valence-corrected chi connectivity index (χ3v) is 2.42. The smallest absolute Gasteiger partial charge is 0.319 e. The van der Waals surface area contributed by atoms with Crippen LogP contribution in [-0.2, 0) is 6.42 Å². The van der Waals surface area contributed by atoms with E-state index in [0.29, 0.717) is 18.8 Å². The second-order valence-electron chi connectivity index (χ2n) is 2.52.